The fourth-order valence-corrected chi connectivity index (χ4v) is 5.50. The summed E-state index contributed by atoms with van der Waals surface area (Å²) < 4.78 is 44.2. The first kappa shape index (κ1) is 18.2. The lowest BCUT2D eigenvalue weighted by Crippen LogP contribution is -2.52. The molecule has 0 spiro atoms. The summed E-state index contributed by atoms with van der Waals surface area (Å²) in [6, 6.07) is 4.50. The number of rotatable bonds is 4. The summed E-state index contributed by atoms with van der Waals surface area (Å²) in [5.74, 6) is -1.24. The number of nitriles is 1. The van der Waals surface area contributed by atoms with Crippen LogP contribution < -0.4 is 5.73 Å². The summed E-state index contributed by atoms with van der Waals surface area (Å²) in [5.41, 5.74) is 3.80. The maximum atomic E-state index is 14.1. The molecule has 0 saturated heterocycles. The number of alkyl halides is 1. The number of nitrogens with two attached hydrogens (primary N) is 1. The van der Waals surface area contributed by atoms with Crippen LogP contribution in [0.3, 0.4) is 0 Å². The lowest BCUT2D eigenvalue weighted by molar-refractivity contribution is 0.319. The number of pyridine rings is 1. The smallest absolute Gasteiger partial charge is 0.146 e. The van der Waals surface area contributed by atoms with E-state index in [1.807, 2.05) is 6.07 Å². The number of nitrogens with zero attached hydrogens (tertiary/aromatic N) is 3. The van der Waals surface area contributed by atoms with Crippen LogP contribution in [0, 0.1) is 17.1 Å². The van der Waals surface area contributed by atoms with Crippen LogP contribution in [-0.4, -0.2) is 32.9 Å². The van der Waals surface area contributed by atoms with E-state index >= 15 is 0 Å². The first-order valence-electron chi connectivity index (χ1n) is 6.98. The zero-order valence-electron chi connectivity index (χ0n) is 12.6. The maximum Gasteiger partial charge on any atom is 0.146 e. The molecule has 5 nitrogen and oxygen atoms in total. The van der Waals surface area contributed by atoms with Gasteiger partial charge in [-0.3, -0.25) is 0 Å². The van der Waals surface area contributed by atoms with Crippen LogP contribution >= 0.6 is 15.9 Å². The highest BCUT2D eigenvalue weighted by molar-refractivity contribution is 9.10. The van der Waals surface area contributed by atoms with E-state index in [1.165, 1.54) is 13.0 Å². The van der Waals surface area contributed by atoms with Gasteiger partial charge in [-0.05, 0) is 47.8 Å². The molecule has 0 fully saturated rings. The Bertz CT molecular complexity index is 775. The number of halogens is 3. The fourth-order valence-electron chi connectivity index (χ4n) is 2.55. The van der Waals surface area contributed by atoms with Gasteiger partial charge in [-0.25, -0.2) is 22.3 Å². The summed E-state index contributed by atoms with van der Waals surface area (Å²) >= 11 is 3.09. The molecule has 2 heterocycles. The van der Waals surface area contributed by atoms with Crippen molar-refractivity contribution in [1.29, 1.82) is 5.26 Å². The van der Waals surface area contributed by atoms with E-state index in [0.29, 0.717) is 19.4 Å². The molecule has 2 N–H and O–H groups in total. The van der Waals surface area contributed by atoms with Gasteiger partial charge in [0.25, 0.3) is 0 Å². The van der Waals surface area contributed by atoms with Crippen molar-refractivity contribution in [3.05, 3.63) is 28.2 Å². The third-order valence-corrected chi connectivity index (χ3v) is 7.68. The Morgan fingerprint density at radius 1 is 1.61 bits per heavy atom. The zero-order chi connectivity index (χ0) is 17.3. The van der Waals surface area contributed by atoms with Crippen LogP contribution in [0.2, 0.25) is 0 Å². The predicted molar refractivity (Wildman–Crippen MR) is 87.3 cm³/mol. The first-order valence-corrected chi connectivity index (χ1v) is 9.46. The molecule has 23 heavy (non-hydrogen) atoms. The Labute approximate surface area is 142 Å². The minimum absolute atomic E-state index is 0.288. The second-order valence-corrected chi connectivity index (χ2v) is 9.38. The Hall–Kier alpha value is -1.11. The van der Waals surface area contributed by atoms with E-state index < -0.39 is 38.3 Å². The molecule has 0 aromatic carbocycles. The molecule has 1 aromatic heterocycles. The summed E-state index contributed by atoms with van der Waals surface area (Å²) in [4.78, 5) is 3.91. The van der Waals surface area contributed by atoms with Gasteiger partial charge in [0.2, 0.25) is 0 Å². The monoisotopic (exact) mass is 406 g/mol. The predicted octanol–water partition coefficient (Wildman–Crippen LogP) is 2.65. The maximum absolute atomic E-state index is 14.1. The normalized spacial score (nSPS) is 30.1. The molecule has 0 radical (unpaired) electrons. The summed E-state index contributed by atoms with van der Waals surface area (Å²) in [6.07, 6.45) is 1.00. The molecule has 2 rings (SSSR count). The molecular weight excluding hydrogens is 390 g/mol. The number of hydrogen-bond acceptors (Lipinski definition) is 5. The van der Waals surface area contributed by atoms with E-state index in [4.69, 9.17) is 5.73 Å². The average Bonchev–Trinajstić information content (AvgIpc) is 2.52. The van der Waals surface area contributed by atoms with Crippen LogP contribution in [-0.2, 0) is 15.3 Å². The van der Waals surface area contributed by atoms with E-state index in [9.17, 15) is 18.3 Å². The Morgan fingerprint density at radius 2 is 2.30 bits per heavy atom. The summed E-state index contributed by atoms with van der Waals surface area (Å²) in [7, 11) is -3.15. The molecule has 0 amide bonds. The van der Waals surface area contributed by atoms with Crippen LogP contribution in [0.15, 0.2) is 21.1 Å². The van der Waals surface area contributed by atoms with Gasteiger partial charge >= 0.3 is 0 Å². The zero-order valence-corrected chi connectivity index (χ0v) is 15.0. The minimum atomic E-state index is -3.15. The number of aromatic nitrogens is 1. The van der Waals surface area contributed by atoms with Crippen LogP contribution in [0.1, 0.15) is 25.5 Å². The Kier molecular flexibility index (Phi) is 5.09. The van der Waals surface area contributed by atoms with Crippen molar-refractivity contribution in [3.8, 4) is 6.07 Å². The summed E-state index contributed by atoms with van der Waals surface area (Å²) in [5, 5.41) is 9.40. The SMILES string of the molecule is C[C@]1(C#N)CCCN=[S@]1(=O)C[C@@](N)(CF)c1nc(Br)ccc1F. The fraction of sp³-hybridized carbons (Fsp3) is 0.571. The molecule has 3 atom stereocenters. The van der Waals surface area contributed by atoms with Gasteiger partial charge in [0.05, 0.1) is 21.6 Å². The standard InChI is InChI=1S/C14H17BrF2N4OS/c1-13(8-18)5-2-6-20-23(13,22)9-14(19,7-16)12-10(17)3-4-11(15)21-12/h3-4H,2,5-7,9,19H2,1H3/t13-,14+,23+/m1/s1. The summed E-state index contributed by atoms with van der Waals surface area (Å²) in [6.45, 7) is 0.676. The third-order valence-electron chi connectivity index (χ3n) is 4.03. The van der Waals surface area contributed by atoms with Crippen molar-refractivity contribution in [2.24, 2.45) is 10.1 Å². The van der Waals surface area contributed by atoms with Crippen molar-refractivity contribution >= 4 is 25.7 Å². The molecule has 126 valence electrons. The van der Waals surface area contributed by atoms with Gasteiger partial charge in [0, 0.05) is 6.54 Å². The molecular formula is C14H17BrF2N4OS. The topological polar surface area (TPSA) is 92.1 Å². The molecule has 1 aliphatic heterocycles. The van der Waals surface area contributed by atoms with Gasteiger partial charge < -0.3 is 5.73 Å². The lowest BCUT2D eigenvalue weighted by atomic mass is 10.00. The molecule has 0 unspecified atom stereocenters. The van der Waals surface area contributed by atoms with Gasteiger partial charge in [-0.2, -0.15) is 5.26 Å². The molecule has 1 aromatic rings. The molecule has 1 aliphatic rings. The van der Waals surface area contributed by atoms with Crippen LogP contribution in [0.5, 0.6) is 0 Å². The van der Waals surface area contributed by atoms with Crippen molar-refractivity contribution in [3.63, 3.8) is 0 Å². The second kappa shape index (κ2) is 6.42. The van der Waals surface area contributed by atoms with E-state index in [1.54, 1.807) is 0 Å². The van der Waals surface area contributed by atoms with Gasteiger partial charge in [-0.15, -0.1) is 0 Å². The largest absolute Gasteiger partial charge is 0.317 e. The molecule has 0 bridgehead atoms. The molecule has 0 aliphatic carbocycles. The van der Waals surface area contributed by atoms with Crippen molar-refractivity contribution in [1.82, 2.24) is 4.98 Å². The first-order chi connectivity index (χ1) is 10.7. The van der Waals surface area contributed by atoms with Crippen LogP contribution in [0.4, 0.5) is 8.78 Å². The Balaban J connectivity index is 2.54. The number of hydrogen-bond donors (Lipinski definition) is 1. The van der Waals surface area contributed by atoms with Gasteiger partial charge in [0.1, 0.15) is 33.1 Å². The average molecular weight is 407 g/mol. The van der Waals surface area contributed by atoms with Gasteiger partial charge in [-0.1, -0.05) is 0 Å². The second-order valence-electron chi connectivity index (χ2n) is 5.84. The third kappa shape index (κ3) is 3.25. The van der Waals surface area contributed by atoms with Crippen molar-refractivity contribution < 1.29 is 13.0 Å². The highest BCUT2D eigenvalue weighted by Crippen LogP contribution is 2.34. The van der Waals surface area contributed by atoms with E-state index in [2.05, 4.69) is 25.3 Å². The van der Waals surface area contributed by atoms with Crippen molar-refractivity contribution in [2.45, 2.75) is 30.1 Å². The Morgan fingerprint density at radius 3 is 2.91 bits per heavy atom. The highest BCUT2D eigenvalue weighted by Gasteiger charge is 2.46. The molecule has 9 heteroatoms. The minimum Gasteiger partial charge on any atom is -0.317 e. The quantitative estimate of drug-likeness (QED) is 0.777. The van der Waals surface area contributed by atoms with Crippen molar-refractivity contribution in [2.75, 3.05) is 19.0 Å². The van der Waals surface area contributed by atoms with Crippen LogP contribution in [0.25, 0.3) is 0 Å². The highest BCUT2D eigenvalue weighted by atomic mass is 79.9. The van der Waals surface area contributed by atoms with E-state index in [0.717, 1.165) is 6.07 Å². The van der Waals surface area contributed by atoms with E-state index in [-0.39, 0.29) is 10.3 Å². The van der Waals surface area contributed by atoms with Gasteiger partial charge in [0.15, 0.2) is 0 Å². The molecule has 0 saturated carbocycles. The lowest BCUT2D eigenvalue weighted by Gasteiger charge is -2.35.